The number of ether oxygens (including phenoxy) is 1. The minimum Gasteiger partial charge on any atom is -0.376 e. The second kappa shape index (κ2) is 5.33. The van der Waals surface area contributed by atoms with Crippen LogP contribution in [0.2, 0.25) is 0 Å². The molecular formula is C10H19NO. The third-order valence-electron chi connectivity index (χ3n) is 2.13. The molecule has 0 saturated heterocycles. The minimum atomic E-state index is 0.701. The summed E-state index contributed by atoms with van der Waals surface area (Å²) in [5.74, 6) is 0. The first kappa shape index (κ1) is 9.75. The molecule has 0 radical (unpaired) electrons. The summed E-state index contributed by atoms with van der Waals surface area (Å²) in [5, 5.41) is 3.44. The van der Waals surface area contributed by atoms with E-state index in [0.29, 0.717) is 6.61 Å². The average molecular weight is 169 g/mol. The lowest BCUT2D eigenvalue weighted by atomic mass is 9.93. The Hall–Kier alpha value is -0.340. The van der Waals surface area contributed by atoms with Crippen LogP contribution in [0.3, 0.4) is 0 Å². The summed E-state index contributed by atoms with van der Waals surface area (Å²) in [6.45, 7) is 8.25. The maximum absolute atomic E-state index is 5.35. The van der Waals surface area contributed by atoms with Crippen LogP contribution in [0.25, 0.3) is 0 Å². The van der Waals surface area contributed by atoms with Gasteiger partial charge in [0, 0.05) is 12.6 Å². The zero-order valence-corrected chi connectivity index (χ0v) is 7.94. The molecule has 2 heteroatoms. The summed E-state index contributed by atoms with van der Waals surface area (Å²) in [5.41, 5.74) is 1.10. The normalized spacial score (nSPS) is 17.4. The molecule has 0 bridgehead atoms. The van der Waals surface area contributed by atoms with Gasteiger partial charge < -0.3 is 10.1 Å². The third kappa shape index (κ3) is 3.88. The summed E-state index contributed by atoms with van der Waals surface area (Å²) in [7, 11) is 0. The van der Waals surface area contributed by atoms with Gasteiger partial charge >= 0.3 is 0 Å². The molecule has 0 amide bonds. The molecule has 1 saturated carbocycles. The van der Waals surface area contributed by atoms with Gasteiger partial charge in [0.2, 0.25) is 0 Å². The molecule has 1 rings (SSSR count). The van der Waals surface area contributed by atoms with Crippen molar-refractivity contribution < 1.29 is 4.74 Å². The molecule has 0 aliphatic heterocycles. The van der Waals surface area contributed by atoms with Gasteiger partial charge in [-0.15, -0.1) is 0 Å². The van der Waals surface area contributed by atoms with Crippen molar-refractivity contribution in [2.75, 3.05) is 19.8 Å². The Labute approximate surface area is 75.0 Å². The van der Waals surface area contributed by atoms with Crippen LogP contribution in [0.15, 0.2) is 12.2 Å². The van der Waals surface area contributed by atoms with Crippen molar-refractivity contribution >= 4 is 0 Å². The smallest absolute Gasteiger partial charge is 0.0672 e. The van der Waals surface area contributed by atoms with Crippen molar-refractivity contribution in [1.82, 2.24) is 5.32 Å². The average Bonchev–Trinajstić information content (AvgIpc) is 1.92. The van der Waals surface area contributed by atoms with Gasteiger partial charge in [0.1, 0.15) is 0 Å². The fourth-order valence-electron chi connectivity index (χ4n) is 1.19. The van der Waals surface area contributed by atoms with Gasteiger partial charge in [0.25, 0.3) is 0 Å². The van der Waals surface area contributed by atoms with Crippen molar-refractivity contribution in [3.05, 3.63) is 12.2 Å². The zero-order chi connectivity index (χ0) is 8.81. The fourth-order valence-corrected chi connectivity index (χ4v) is 1.19. The fraction of sp³-hybridized carbons (Fsp3) is 0.800. The molecule has 0 atom stereocenters. The molecule has 0 aromatic carbocycles. The third-order valence-corrected chi connectivity index (χ3v) is 2.13. The highest BCUT2D eigenvalue weighted by molar-refractivity contribution is 4.87. The largest absolute Gasteiger partial charge is 0.376 e. The lowest BCUT2D eigenvalue weighted by molar-refractivity contribution is 0.151. The van der Waals surface area contributed by atoms with Crippen LogP contribution in [0.5, 0.6) is 0 Å². The van der Waals surface area contributed by atoms with Crippen LogP contribution in [-0.2, 0) is 4.74 Å². The van der Waals surface area contributed by atoms with Crippen LogP contribution < -0.4 is 5.32 Å². The van der Waals surface area contributed by atoms with Gasteiger partial charge in [0.05, 0.1) is 13.2 Å². The maximum Gasteiger partial charge on any atom is 0.0672 e. The molecule has 12 heavy (non-hydrogen) atoms. The van der Waals surface area contributed by atoms with E-state index in [0.717, 1.165) is 24.8 Å². The van der Waals surface area contributed by atoms with E-state index >= 15 is 0 Å². The Kier molecular flexibility index (Phi) is 4.33. The summed E-state index contributed by atoms with van der Waals surface area (Å²) in [6, 6.07) is 0.776. The van der Waals surface area contributed by atoms with Crippen molar-refractivity contribution in [3.63, 3.8) is 0 Å². The van der Waals surface area contributed by atoms with Gasteiger partial charge in [0.15, 0.2) is 0 Å². The quantitative estimate of drug-likeness (QED) is 0.483. The molecule has 1 aliphatic carbocycles. The molecule has 0 unspecified atom stereocenters. The molecule has 2 nitrogen and oxygen atoms in total. The van der Waals surface area contributed by atoms with Crippen LogP contribution in [0, 0.1) is 0 Å². The number of hydrogen-bond donors (Lipinski definition) is 1. The SMILES string of the molecule is C=C(C)COCCNC1CCC1. The number of nitrogens with one attached hydrogen (secondary N) is 1. The van der Waals surface area contributed by atoms with E-state index in [1.54, 1.807) is 0 Å². The van der Waals surface area contributed by atoms with Crippen LogP contribution >= 0.6 is 0 Å². The minimum absolute atomic E-state index is 0.701. The van der Waals surface area contributed by atoms with E-state index in [1.165, 1.54) is 19.3 Å². The van der Waals surface area contributed by atoms with E-state index in [-0.39, 0.29) is 0 Å². The van der Waals surface area contributed by atoms with Gasteiger partial charge in [-0.25, -0.2) is 0 Å². The molecule has 70 valence electrons. The number of hydrogen-bond acceptors (Lipinski definition) is 2. The lowest BCUT2D eigenvalue weighted by Crippen LogP contribution is -2.37. The van der Waals surface area contributed by atoms with Gasteiger partial charge in [-0.05, 0) is 19.8 Å². The van der Waals surface area contributed by atoms with Gasteiger partial charge in [-0.2, -0.15) is 0 Å². The Morgan fingerprint density at radius 1 is 1.58 bits per heavy atom. The van der Waals surface area contributed by atoms with E-state index in [1.807, 2.05) is 6.92 Å². The van der Waals surface area contributed by atoms with Crippen molar-refractivity contribution in [3.8, 4) is 0 Å². The van der Waals surface area contributed by atoms with Gasteiger partial charge in [-0.1, -0.05) is 18.6 Å². The Bertz CT molecular complexity index is 141. The monoisotopic (exact) mass is 169 g/mol. The molecule has 0 aromatic rings. The van der Waals surface area contributed by atoms with Crippen molar-refractivity contribution in [1.29, 1.82) is 0 Å². The molecule has 0 aromatic heterocycles. The summed E-state index contributed by atoms with van der Waals surface area (Å²) >= 11 is 0. The Morgan fingerprint density at radius 2 is 2.33 bits per heavy atom. The topological polar surface area (TPSA) is 21.3 Å². The highest BCUT2D eigenvalue weighted by atomic mass is 16.5. The second-order valence-electron chi connectivity index (χ2n) is 3.59. The lowest BCUT2D eigenvalue weighted by Gasteiger charge is -2.26. The van der Waals surface area contributed by atoms with E-state index < -0.39 is 0 Å². The highest BCUT2D eigenvalue weighted by Crippen LogP contribution is 2.17. The van der Waals surface area contributed by atoms with E-state index in [4.69, 9.17) is 4.74 Å². The predicted octanol–water partition coefficient (Wildman–Crippen LogP) is 1.72. The Balaban J connectivity index is 1.79. The number of rotatable bonds is 6. The molecular weight excluding hydrogens is 150 g/mol. The van der Waals surface area contributed by atoms with E-state index in [2.05, 4.69) is 11.9 Å². The molecule has 0 heterocycles. The molecule has 1 fully saturated rings. The van der Waals surface area contributed by atoms with Crippen LogP contribution in [0.4, 0.5) is 0 Å². The van der Waals surface area contributed by atoms with Crippen LogP contribution in [-0.4, -0.2) is 25.8 Å². The van der Waals surface area contributed by atoms with Crippen molar-refractivity contribution in [2.45, 2.75) is 32.2 Å². The highest BCUT2D eigenvalue weighted by Gasteiger charge is 2.15. The molecule has 1 N–H and O–H groups in total. The first-order valence-electron chi connectivity index (χ1n) is 4.74. The second-order valence-corrected chi connectivity index (χ2v) is 3.59. The first-order valence-corrected chi connectivity index (χ1v) is 4.74. The standard InChI is InChI=1S/C10H19NO/c1-9(2)8-12-7-6-11-10-4-3-5-10/h10-11H,1,3-8H2,2H3. The van der Waals surface area contributed by atoms with Crippen molar-refractivity contribution in [2.24, 2.45) is 0 Å². The first-order chi connectivity index (χ1) is 5.79. The zero-order valence-electron chi connectivity index (χ0n) is 7.94. The summed E-state index contributed by atoms with van der Waals surface area (Å²) in [4.78, 5) is 0. The van der Waals surface area contributed by atoms with E-state index in [9.17, 15) is 0 Å². The van der Waals surface area contributed by atoms with Gasteiger partial charge in [-0.3, -0.25) is 0 Å². The predicted molar refractivity (Wildman–Crippen MR) is 51.3 cm³/mol. The Morgan fingerprint density at radius 3 is 2.83 bits per heavy atom. The summed E-state index contributed by atoms with van der Waals surface area (Å²) in [6.07, 6.45) is 4.09. The molecule has 0 spiro atoms. The molecule has 1 aliphatic rings. The maximum atomic E-state index is 5.35. The van der Waals surface area contributed by atoms with Crippen LogP contribution in [0.1, 0.15) is 26.2 Å². The summed E-state index contributed by atoms with van der Waals surface area (Å²) < 4.78 is 5.35.